The molecular weight excluding hydrogens is 288 g/mol. The standard InChI is InChI=1S/C18H32N4O/c1-4-5-11-21(3)18(19-2)20-15-16(17-10-9-14-23-17)22-12-7-6-8-13-22/h9-10,14,16H,4-8,11-13,15H2,1-3H3,(H,19,20). The van der Waals surface area contributed by atoms with Crippen molar-refractivity contribution in [1.29, 1.82) is 0 Å². The Bertz CT molecular complexity index is 452. The molecule has 1 aliphatic rings. The molecule has 0 radical (unpaired) electrons. The number of rotatable bonds is 7. The Hall–Kier alpha value is -1.49. The average molecular weight is 320 g/mol. The van der Waals surface area contributed by atoms with Gasteiger partial charge in [0.25, 0.3) is 0 Å². The van der Waals surface area contributed by atoms with Crippen LogP contribution in [-0.2, 0) is 0 Å². The van der Waals surface area contributed by atoms with Crippen LogP contribution in [0.5, 0.6) is 0 Å². The molecule has 1 aromatic rings. The van der Waals surface area contributed by atoms with Crippen molar-refractivity contribution in [3.8, 4) is 0 Å². The molecule has 130 valence electrons. The average Bonchev–Trinajstić information content (AvgIpc) is 3.11. The zero-order valence-corrected chi connectivity index (χ0v) is 14.9. The number of guanidine groups is 1. The number of unbranched alkanes of at least 4 members (excludes halogenated alkanes) is 1. The summed E-state index contributed by atoms with van der Waals surface area (Å²) in [5, 5.41) is 3.54. The van der Waals surface area contributed by atoms with Crippen molar-refractivity contribution in [1.82, 2.24) is 15.1 Å². The van der Waals surface area contributed by atoms with Crippen molar-refractivity contribution >= 4 is 5.96 Å². The van der Waals surface area contributed by atoms with Crippen LogP contribution in [0, 0.1) is 0 Å². The molecule has 1 atom stereocenters. The van der Waals surface area contributed by atoms with E-state index in [1.165, 1.54) is 32.1 Å². The number of hydrogen-bond acceptors (Lipinski definition) is 3. The molecule has 1 unspecified atom stereocenters. The van der Waals surface area contributed by atoms with Gasteiger partial charge in [0.15, 0.2) is 5.96 Å². The maximum Gasteiger partial charge on any atom is 0.193 e. The fraction of sp³-hybridized carbons (Fsp3) is 0.722. The number of furan rings is 1. The van der Waals surface area contributed by atoms with Gasteiger partial charge in [-0.25, -0.2) is 0 Å². The molecule has 0 bridgehead atoms. The molecule has 23 heavy (non-hydrogen) atoms. The lowest BCUT2D eigenvalue weighted by Gasteiger charge is -2.34. The topological polar surface area (TPSA) is 44.0 Å². The minimum Gasteiger partial charge on any atom is -0.468 e. The Morgan fingerprint density at radius 1 is 1.39 bits per heavy atom. The first-order chi connectivity index (χ1) is 11.3. The van der Waals surface area contributed by atoms with Gasteiger partial charge >= 0.3 is 0 Å². The maximum atomic E-state index is 5.71. The van der Waals surface area contributed by atoms with Crippen molar-refractivity contribution in [3.05, 3.63) is 24.2 Å². The zero-order valence-electron chi connectivity index (χ0n) is 14.9. The Balaban J connectivity index is 1.97. The maximum absolute atomic E-state index is 5.71. The highest BCUT2D eigenvalue weighted by Crippen LogP contribution is 2.24. The summed E-state index contributed by atoms with van der Waals surface area (Å²) < 4.78 is 5.71. The second kappa shape index (κ2) is 9.60. The molecule has 0 aromatic carbocycles. The van der Waals surface area contributed by atoms with E-state index in [1.807, 2.05) is 13.1 Å². The van der Waals surface area contributed by atoms with Gasteiger partial charge in [-0.3, -0.25) is 9.89 Å². The third-order valence-electron chi connectivity index (χ3n) is 4.58. The molecule has 1 saturated heterocycles. The van der Waals surface area contributed by atoms with Gasteiger partial charge < -0.3 is 14.6 Å². The quantitative estimate of drug-likeness (QED) is 0.619. The normalized spacial score (nSPS) is 18.0. The summed E-state index contributed by atoms with van der Waals surface area (Å²) in [7, 11) is 3.96. The van der Waals surface area contributed by atoms with Crippen LogP contribution >= 0.6 is 0 Å². The fourth-order valence-electron chi connectivity index (χ4n) is 3.19. The van der Waals surface area contributed by atoms with Gasteiger partial charge in [0.05, 0.1) is 12.3 Å². The molecule has 5 heteroatoms. The van der Waals surface area contributed by atoms with Crippen molar-refractivity contribution in [2.24, 2.45) is 4.99 Å². The Morgan fingerprint density at radius 3 is 2.78 bits per heavy atom. The summed E-state index contributed by atoms with van der Waals surface area (Å²) in [4.78, 5) is 9.17. The number of likely N-dealkylation sites (tertiary alicyclic amines) is 1. The smallest absolute Gasteiger partial charge is 0.193 e. The third kappa shape index (κ3) is 5.27. The molecule has 5 nitrogen and oxygen atoms in total. The summed E-state index contributed by atoms with van der Waals surface area (Å²) in [5.41, 5.74) is 0. The summed E-state index contributed by atoms with van der Waals surface area (Å²) in [6.45, 7) is 6.38. The third-order valence-corrected chi connectivity index (χ3v) is 4.58. The molecule has 1 aliphatic heterocycles. The van der Waals surface area contributed by atoms with Gasteiger partial charge in [-0.2, -0.15) is 0 Å². The van der Waals surface area contributed by atoms with E-state index in [-0.39, 0.29) is 6.04 Å². The van der Waals surface area contributed by atoms with E-state index in [1.54, 1.807) is 6.26 Å². The molecule has 1 N–H and O–H groups in total. The van der Waals surface area contributed by atoms with E-state index in [0.717, 1.165) is 37.9 Å². The molecule has 0 aliphatic carbocycles. The Morgan fingerprint density at radius 2 is 2.17 bits per heavy atom. The summed E-state index contributed by atoms with van der Waals surface area (Å²) in [6.07, 6.45) is 8.06. The molecule has 2 rings (SSSR count). The first-order valence-electron chi connectivity index (χ1n) is 8.95. The number of hydrogen-bond donors (Lipinski definition) is 1. The van der Waals surface area contributed by atoms with Crippen molar-refractivity contribution < 1.29 is 4.42 Å². The lowest BCUT2D eigenvalue weighted by molar-refractivity contribution is 0.146. The highest BCUT2D eigenvalue weighted by molar-refractivity contribution is 5.79. The first kappa shape index (κ1) is 17.9. The van der Waals surface area contributed by atoms with Gasteiger partial charge in [-0.1, -0.05) is 19.8 Å². The van der Waals surface area contributed by atoms with E-state index >= 15 is 0 Å². The molecule has 1 fully saturated rings. The van der Waals surface area contributed by atoms with Crippen LogP contribution in [0.15, 0.2) is 27.8 Å². The second-order valence-corrected chi connectivity index (χ2v) is 6.33. The van der Waals surface area contributed by atoms with Gasteiger partial charge in [-0.05, 0) is 44.5 Å². The van der Waals surface area contributed by atoms with Crippen LogP contribution in [0.3, 0.4) is 0 Å². The predicted molar refractivity (Wildman–Crippen MR) is 95.8 cm³/mol. The number of nitrogens with zero attached hydrogens (tertiary/aromatic N) is 3. The summed E-state index contributed by atoms with van der Waals surface area (Å²) in [5.74, 6) is 2.01. The van der Waals surface area contributed by atoms with Gasteiger partial charge in [0.1, 0.15) is 5.76 Å². The molecule has 0 spiro atoms. The van der Waals surface area contributed by atoms with E-state index in [4.69, 9.17) is 4.42 Å². The van der Waals surface area contributed by atoms with E-state index in [0.29, 0.717) is 0 Å². The predicted octanol–water partition coefficient (Wildman–Crippen LogP) is 3.11. The van der Waals surface area contributed by atoms with Crippen LogP contribution in [0.25, 0.3) is 0 Å². The summed E-state index contributed by atoms with van der Waals surface area (Å²) in [6, 6.07) is 4.35. The van der Waals surface area contributed by atoms with E-state index in [2.05, 4.69) is 40.1 Å². The largest absolute Gasteiger partial charge is 0.468 e. The van der Waals surface area contributed by atoms with Crippen LogP contribution in [0.4, 0.5) is 0 Å². The Kier molecular flexibility index (Phi) is 7.46. The first-order valence-corrected chi connectivity index (χ1v) is 8.95. The SMILES string of the molecule is CCCCN(C)C(=NC)NCC(c1ccco1)N1CCCCC1. The van der Waals surface area contributed by atoms with E-state index in [9.17, 15) is 0 Å². The number of aliphatic imine (C=N–C) groups is 1. The van der Waals surface area contributed by atoms with E-state index < -0.39 is 0 Å². The monoisotopic (exact) mass is 320 g/mol. The molecule has 1 aromatic heterocycles. The molecule has 0 amide bonds. The number of nitrogens with one attached hydrogen (secondary N) is 1. The number of piperidine rings is 1. The highest BCUT2D eigenvalue weighted by Gasteiger charge is 2.24. The highest BCUT2D eigenvalue weighted by atomic mass is 16.3. The lowest BCUT2D eigenvalue weighted by atomic mass is 10.1. The minimum atomic E-state index is 0.279. The van der Waals surface area contributed by atoms with Gasteiger partial charge in [0, 0.05) is 27.2 Å². The fourth-order valence-corrected chi connectivity index (χ4v) is 3.19. The van der Waals surface area contributed by atoms with Crippen LogP contribution in [-0.4, -0.2) is 56.0 Å². The molecule has 2 heterocycles. The van der Waals surface area contributed by atoms with Crippen molar-refractivity contribution in [2.75, 3.05) is 40.3 Å². The van der Waals surface area contributed by atoms with Crippen LogP contribution in [0.1, 0.15) is 50.8 Å². The van der Waals surface area contributed by atoms with Crippen LogP contribution in [0.2, 0.25) is 0 Å². The Labute approximate surface area is 140 Å². The second-order valence-electron chi connectivity index (χ2n) is 6.33. The zero-order chi connectivity index (χ0) is 16.5. The minimum absolute atomic E-state index is 0.279. The summed E-state index contributed by atoms with van der Waals surface area (Å²) >= 11 is 0. The van der Waals surface area contributed by atoms with Crippen molar-refractivity contribution in [3.63, 3.8) is 0 Å². The lowest BCUT2D eigenvalue weighted by Crippen LogP contribution is -2.45. The van der Waals surface area contributed by atoms with Gasteiger partial charge in [0.2, 0.25) is 0 Å². The van der Waals surface area contributed by atoms with Crippen LogP contribution < -0.4 is 5.32 Å². The van der Waals surface area contributed by atoms with Crippen molar-refractivity contribution in [2.45, 2.75) is 45.1 Å². The van der Waals surface area contributed by atoms with Gasteiger partial charge in [-0.15, -0.1) is 0 Å². The molecule has 0 saturated carbocycles. The molecular formula is C18H32N4O.